The number of ether oxygens (including phenoxy) is 2. The minimum atomic E-state index is -0.379. The third-order valence-electron chi connectivity index (χ3n) is 2.65. The summed E-state index contributed by atoms with van der Waals surface area (Å²) in [6.07, 6.45) is 0.891. The van der Waals surface area contributed by atoms with Crippen LogP contribution in [-0.2, 0) is 21.7 Å². The molecule has 1 heterocycles. The maximum atomic E-state index is 5.61. The number of hydrogen-bond donors (Lipinski definition) is 0. The van der Waals surface area contributed by atoms with Crippen molar-refractivity contribution >= 4 is 15.9 Å². The molecule has 0 amide bonds. The molecule has 0 N–H and O–H groups in total. The van der Waals surface area contributed by atoms with E-state index in [2.05, 4.69) is 28.1 Å². The molecule has 1 fully saturated rings. The summed E-state index contributed by atoms with van der Waals surface area (Å²) in [6.45, 7) is 1.44. The van der Waals surface area contributed by atoms with Crippen molar-refractivity contribution in [2.75, 3.05) is 13.2 Å². The van der Waals surface area contributed by atoms with Gasteiger partial charge in [-0.15, -0.1) is 0 Å². The molecule has 1 saturated heterocycles. The lowest BCUT2D eigenvalue weighted by molar-refractivity contribution is -0.182. The Hall–Kier alpha value is -0.380. The van der Waals surface area contributed by atoms with E-state index >= 15 is 0 Å². The van der Waals surface area contributed by atoms with Crippen molar-refractivity contribution in [2.45, 2.75) is 12.2 Å². The number of halogens is 1. The van der Waals surface area contributed by atoms with Crippen LogP contribution in [0.4, 0.5) is 0 Å². The molecular formula is C10H9BrO2. The van der Waals surface area contributed by atoms with Gasteiger partial charge in [0.05, 0.1) is 13.2 Å². The van der Waals surface area contributed by atoms with Gasteiger partial charge >= 0.3 is 0 Å². The molecule has 0 saturated carbocycles. The summed E-state index contributed by atoms with van der Waals surface area (Å²) in [5, 5.41) is 0. The molecule has 2 aliphatic rings. The van der Waals surface area contributed by atoms with Gasteiger partial charge in [-0.25, -0.2) is 0 Å². The molecule has 0 unspecified atom stereocenters. The van der Waals surface area contributed by atoms with Gasteiger partial charge in [0.1, 0.15) is 0 Å². The minimum absolute atomic E-state index is 0.379. The molecule has 2 nitrogen and oxygen atoms in total. The third kappa shape index (κ3) is 1.01. The molecule has 0 bridgehead atoms. The molecule has 0 aromatic heterocycles. The van der Waals surface area contributed by atoms with Gasteiger partial charge in [0, 0.05) is 16.5 Å². The van der Waals surface area contributed by atoms with E-state index in [1.54, 1.807) is 0 Å². The van der Waals surface area contributed by atoms with Crippen LogP contribution in [0.1, 0.15) is 11.1 Å². The monoisotopic (exact) mass is 240 g/mol. The first-order valence-corrected chi connectivity index (χ1v) is 5.16. The molecule has 3 rings (SSSR count). The van der Waals surface area contributed by atoms with Crippen LogP contribution in [0.15, 0.2) is 22.7 Å². The fraction of sp³-hybridized carbons (Fsp3) is 0.400. The van der Waals surface area contributed by atoms with Crippen LogP contribution in [0.25, 0.3) is 0 Å². The quantitative estimate of drug-likeness (QED) is 0.693. The first-order valence-electron chi connectivity index (χ1n) is 4.37. The third-order valence-corrected chi connectivity index (χ3v) is 3.15. The van der Waals surface area contributed by atoms with E-state index in [0.717, 1.165) is 24.1 Å². The SMILES string of the molecule is Brc1ccc2c(c1)CC21OCCO1. The summed E-state index contributed by atoms with van der Waals surface area (Å²) in [7, 11) is 0. The van der Waals surface area contributed by atoms with Crippen LogP contribution in [0, 0.1) is 0 Å². The fourth-order valence-corrected chi connectivity index (χ4v) is 2.44. The van der Waals surface area contributed by atoms with Gasteiger partial charge in [-0.3, -0.25) is 0 Å². The van der Waals surface area contributed by atoms with Gasteiger partial charge < -0.3 is 9.47 Å². The average molecular weight is 241 g/mol. The lowest BCUT2D eigenvalue weighted by Gasteiger charge is -2.38. The second-order valence-electron chi connectivity index (χ2n) is 3.43. The molecular weight excluding hydrogens is 232 g/mol. The zero-order chi connectivity index (χ0) is 8.89. The molecule has 0 radical (unpaired) electrons. The highest BCUT2D eigenvalue weighted by molar-refractivity contribution is 9.10. The van der Waals surface area contributed by atoms with Crippen molar-refractivity contribution in [3.63, 3.8) is 0 Å². The van der Waals surface area contributed by atoms with Crippen molar-refractivity contribution in [3.05, 3.63) is 33.8 Å². The van der Waals surface area contributed by atoms with Gasteiger partial charge in [0.25, 0.3) is 0 Å². The van der Waals surface area contributed by atoms with Crippen LogP contribution in [0.2, 0.25) is 0 Å². The summed E-state index contributed by atoms with van der Waals surface area (Å²) in [5.41, 5.74) is 2.53. The van der Waals surface area contributed by atoms with Crippen molar-refractivity contribution in [1.82, 2.24) is 0 Å². The first kappa shape index (κ1) is 7.97. The van der Waals surface area contributed by atoms with Crippen LogP contribution >= 0.6 is 15.9 Å². The largest absolute Gasteiger partial charge is 0.343 e. The van der Waals surface area contributed by atoms with Crippen LogP contribution in [0.3, 0.4) is 0 Å². The standard InChI is InChI=1S/C10H9BrO2/c11-8-1-2-9-7(5-8)6-10(9)12-3-4-13-10/h1-2,5H,3-4,6H2. The maximum Gasteiger partial charge on any atom is 0.199 e. The predicted octanol–water partition coefficient (Wildman–Crippen LogP) is 2.20. The van der Waals surface area contributed by atoms with Crippen molar-refractivity contribution in [3.8, 4) is 0 Å². The molecule has 1 aromatic carbocycles. The Balaban J connectivity index is 2.04. The van der Waals surface area contributed by atoms with Crippen LogP contribution in [0.5, 0.6) is 0 Å². The van der Waals surface area contributed by atoms with E-state index in [9.17, 15) is 0 Å². The molecule has 13 heavy (non-hydrogen) atoms. The minimum Gasteiger partial charge on any atom is -0.343 e. The summed E-state index contributed by atoms with van der Waals surface area (Å²) in [6, 6.07) is 6.24. The van der Waals surface area contributed by atoms with E-state index in [0.29, 0.717) is 0 Å². The Morgan fingerprint density at radius 2 is 2.00 bits per heavy atom. The first-order chi connectivity index (χ1) is 6.30. The van der Waals surface area contributed by atoms with E-state index in [-0.39, 0.29) is 5.79 Å². The Bertz CT molecular complexity index is 356. The van der Waals surface area contributed by atoms with Gasteiger partial charge in [-0.05, 0) is 17.7 Å². The van der Waals surface area contributed by atoms with E-state index in [1.807, 2.05) is 6.07 Å². The van der Waals surface area contributed by atoms with Gasteiger partial charge in [-0.2, -0.15) is 0 Å². The van der Waals surface area contributed by atoms with Crippen molar-refractivity contribution in [1.29, 1.82) is 0 Å². The summed E-state index contributed by atoms with van der Waals surface area (Å²) in [5.74, 6) is -0.379. The summed E-state index contributed by atoms with van der Waals surface area (Å²) in [4.78, 5) is 0. The summed E-state index contributed by atoms with van der Waals surface area (Å²) < 4.78 is 12.3. The van der Waals surface area contributed by atoms with Crippen LogP contribution < -0.4 is 0 Å². The topological polar surface area (TPSA) is 18.5 Å². The number of fused-ring (bicyclic) bond motifs is 2. The maximum absolute atomic E-state index is 5.61. The smallest absolute Gasteiger partial charge is 0.199 e. The lowest BCUT2D eigenvalue weighted by atomic mass is 9.82. The van der Waals surface area contributed by atoms with E-state index < -0.39 is 0 Å². The van der Waals surface area contributed by atoms with E-state index in [4.69, 9.17) is 9.47 Å². The molecule has 0 atom stereocenters. The van der Waals surface area contributed by atoms with Gasteiger partial charge in [-0.1, -0.05) is 22.0 Å². The number of benzene rings is 1. The van der Waals surface area contributed by atoms with Crippen LogP contribution in [-0.4, -0.2) is 13.2 Å². The highest BCUT2D eigenvalue weighted by atomic mass is 79.9. The lowest BCUT2D eigenvalue weighted by Crippen LogP contribution is -2.39. The molecule has 1 aliphatic heterocycles. The second kappa shape index (κ2) is 2.56. The fourth-order valence-electron chi connectivity index (χ4n) is 2.03. The van der Waals surface area contributed by atoms with Crippen molar-refractivity contribution < 1.29 is 9.47 Å². The Morgan fingerprint density at radius 1 is 1.23 bits per heavy atom. The molecule has 3 heteroatoms. The Labute approximate surface area is 85.0 Å². The molecule has 1 aromatic rings. The van der Waals surface area contributed by atoms with Gasteiger partial charge in [0.2, 0.25) is 0 Å². The second-order valence-corrected chi connectivity index (χ2v) is 4.34. The highest BCUT2D eigenvalue weighted by Gasteiger charge is 2.47. The van der Waals surface area contributed by atoms with Crippen molar-refractivity contribution in [2.24, 2.45) is 0 Å². The normalized spacial score (nSPS) is 22.8. The summed E-state index contributed by atoms with van der Waals surface area (Å²) >= 11 is 3.45. The molecule has 1 aliphatic carbocycles. The number of hydrogen-bond acceptors (Lipinski definition) is 2. The Morgan fingerprint density at radius 3 is 2.69 bits per heavy atom. The molecule has 1 spiro atoms. The molecule has 68 valence electrons. The predicted molar refractivity (Wildman–Crippen MR) is 51.4 cm³/mol. The highest BCUT2D eigenvalue weighted by Crippen LogP contribution is 2.46. The average Bonchev–Trinajstić information content (AvgIpc) is 2.53. The zero-order valence-electron chi connectivity index (χ0n) is 7.05. The number of rotatable bonds is 0. The zero-order valence-corrected chi connectivity index (χ0v) is 8.63. The van der Waals surface area contributed by atoms with E-state index in [1.165, 1.54) is 11.1 Å². The van der Waals surface area contributed by atoms with Gasteiger partial charge in [0.15, 0.2) is 5.79 Å². The Kier molecular flexibility index (Phi) is 1.57.